The zero-order chi connectivity index (χ0) is 17.3. The Hall–Kier alpha value is -2.18. The summed E-state index contributed by atoms with van der Waals surface area (Å²) in [5.41, 5.74) is 5.98. The second kappa shape index (κ2) is 6.37. The first-order chi connectivity index (χ1) is 11.4. The van der Waals surface area contributed by atoms with E-state index in [9.17, 15) is 9.90 Å². The minimum Gasteiger partial charge on any atom is -0.388 e. The molecule has 0 radical (unpaired) electrons. The minimum absolute atomic E-state index is 0.0133. The number of nitrogens with one attached hydrogen (secondary N) is 1. The van der Waals surface area contributed by atoms with Crippen LogP contribution in [0, 0.1) is 6.92 Å². The third-order valence-corrected chi connectivity index (χ3v) is 4.08. The molecular formula is C18H23N3O3. The summed E-state index contributed by atoms with van der Waals surface area (Å²) in [6.45, 7) is 5.28. The van der Waals surface area contributed by atoms with E-state index < -0.39 is 5.60 Å². The second-order valence-electron chi connectivity index (χ2n) is 6.86. The molecule has 2 N–H and O–H groups in total. The van der Waals surface area contributed by atoms with Gasteiger partial charge in [-0.15, -0.1) is 0 Å². The summed E-state index contributed by atoms with van der Waals surface area (Å²) < 4.78 is 1.88. The number of aryl methyl sites for hydroxylation is 1. The van der Waals surface area contributed by atoms with Crippen molar-refractivity contribution >= 4 is 5.91 Å². The van der Waals surface area contributed by atoms with E-state index in [0.717, 1.165) is 41.8 Å². The Balaban J connectivity index is 1.87. The molecule has 0 atom stereocenters. The molecule has 128 valence electrons. The van der Waals surface area contributed by atoms with Crippen LogP contribution in [0.2, 0.25) is 0 Å². The molecular weight excluding hydrogens is 306 g/mol. The van der Waals surface area contributed by atoms with Gasteiger partial charge in [-0.05, 0) is 51.7 Å². The summed E-state index contributed by atoms with van der Waals surface area (Å²) in [5, 5.41) is 14.2. The molecule has 0 bridgehead atoms. The van der Waals surface area contributed by atoms with Crippen molar-refractivity contribution in [3.63, 3.8) is 0 Å². The highest BCUT2D eigenvalue weighted by Gasteiger charge is 2.27. The maximum absolute atomic E-state index is 12.4. The van der Waals surface area contributed by atoms with Crippen molar-refractivity contribution in [2.75, 3.05) is 6.61 Å². The lowest BCUT2D eigenvalue weighted by molar-refractivity contribution is -0.0524. The lowest BCUT2D eigenvalue weighted by Crippen LogP contribution is -2.33. The number of hydrogen-bond acceptors (Lipinski definition) is 4. The number of para-hydroxylation sites is 1. The molecule has 1 heterocycles. The van der Waals surface area contributed by atoms with Crippen molar-refractivity contribution in [1.82, 2.24) is 15.3 Å². The van der Waals surface area contributed by atoms with E-state index in [1.807, 2.05) is 35.9 Å². The van der Waals surface area contributed by atoms with Crippen LogP contribution in [0.5, 0.6) is 0 Å². The van der Waals surface area contributed by atoms with Gasteiger partial charge in [0.15, 0.2) is 5.69 Å². The lowest BCUT2D eigenvalue weighted by atomic mass is 10.2. The minimum atomic E-state index is -1.00. The molecule has 1 aromatic heterocycles. The molecule has 2 aromatic rings. The van der Waals surface area contributed by atoms with Crippen LogP contribution in [-0.4, -0.2) is 33.0 Å². The zero-order valence-electron chi connectivity index (χ0n) is 14.3. The van der Waals surface area contributed by atoms with Gasteiger partial charge in [0.2, 0.25) is 0 Å². The van der Waals surface area contributed by atoms with E-state index in [0.29, 0.717) is 5.69 Å². The SMILES string of the molecule is Cc1ccccc1-n1nc(C(=O)NOCC(C)(C)O)c2c1CCC2. The maximum Gasteiger partial charge on any atom is 0.295 e. The van der Waals surface area contributed by atoms with Crippen LogP contribution in [-0.2, 0) is 17.7 Å². The first kappa shape index (κ1) is 16.7. The van der Waals surface area contributed by atoms with Crippen molar-refractivity contribution in [2.24, 2.45) is 0 Å². The molecule has 0 aliphatic heterocycles. The van der Waals surface area contributed by atoms with E-state index in [2.05, 4.69) is 10.6 Å². The summed E-state index contributed by atoms with van der Waals surface area (Å²) in [6.07, 6.45) is 2.77. The van der Waals surface area contributed by atoms with Gasteiger partial charge in [-0.25, -0.2) is 10.2 Å². The number of carbonyl (C=O) groups excluding carboxylic acids is 1. The zero-order valence-corrected chi connectivity index (χ0v) is 14.3. The number of hydrogen-bond donors (Lipinski definition) is 2. The van der Waals surface area contributed by atoms with Crippen LogP contribution in [0.1, 0.15) is 47.6 Å². The van der Waals surface area contributed by atoms with Gasteiger partial charge in [0.1, 0.15) is 6.61 Å². The first-order valence-corrected chi connectivity index (χ1v) is 8.18. The molecule has 0 unspecified atom stereocenters. The highest BCUT2D eigenvalue weighted by atomic mass is 16.7. The summed E-state index contributed by atoms with van der Waals surface area (Å²) in [7, 11) is 0. The highest BCUT2D eigenvalue weighted by Crippen LogP contribution is 2.28. The average molecular weight is 329 g/mol. The number of aliphatic hydroxyl groups is 1. The van der Waals surface area contributed by atoms with Crippen LogP contribution < -0.4 is 5.48 Å². The van der Waals surface area contributed by atoms with Gasteiger partial charge in [-0.2, -0.15) is 5.10 Å². The van der Waals surface area contributed by atoms with Gasteiger partial charge in [0, 0.05) is 11.3 Å². The van der Waals surface area contributed by atoms with Gasteiger partial charge in [-0.3, -0.25) is 9.63 Å². The topological polar surface area (TPSA) is 76.4 Å². The van der Waals surface area contributed by atoms with E-state index in [-0.39, 0.29) is 12.5 Å². The number of fused-ring (bicyclic) bond motifs is 1. The number of hydroxylamine groups is 1. The third-order valence-electron chi connectivity index (χ3n) is 4.08. The number of rotatable bonds is 5. The smallest absolute Gasteiger partial charge is 0.295 e. The number of benzene rings is 1. The Morgan fingerprint density at radius 3 is 2.83 bits per heavy atom. The molecule has 1 aromatic carbocycles. The van der Waals surface area contributed by atoms with Crippen molar-refractivity contribution < 1.29 is 14.7 Å². The van der Waals surface area contributed by atoms with Crippen LogP contribution in [0.25, 0.3) is 5.69 Å². The Kier molecular flexibility index (Phi) is 4.43. The van der Waals surface area contributed by atoms with Crippen molar-refractivity contribution in [1.29, 1.82) is 0 Å². The quantitative estimate of drug-likeness (QED) is 0.824. The molecule has 6 nitrogen and oxygen atoms in total. The molecule has 24 heavy (non-hydrogen) atoms. The van der Waals surface area contributed by atoms with Gasteiger partial charge in [0.25, 0.3) is 5.91 Å². The summed E-state index contributed by atoms with van der Waals surface area (Å²) >= 11 is 0. The second-order valence-corrected chi connectivity index (χ2v) is 6.86. The molecule has 0 saturated heterocycles. The molecule has 6 heteroatoms. The van der Waals surface area contributed by atoms with Crippen LogP contribution in [0.3, 0.4) is 0 Å². The van der Waals surface area contributed by atoms with E-state index in [1.165, 1.54) is 0 Å². The molecule has 3 rings (SSSR count). The van der Waals surface area contributed by atoms with Crippen LogP contribution in [0.15, 0.2) is 24.3 Å². The molecule has 0 spiro atoms. The fraction of sp³-hybridized carbons (Fsp3) is 0.444. The summed E-state index contributed by atoms with van der Waals surface area (Å²) in [6, 6.07) is 8.00. The van der Waals surface area contributed by atoms with Crippen LogP contribution >= 0.6 is 0 Å². The van der Waals surface area contributed by atoms with E-state index in [4.69, 9.17) is 4.84 Å². The number of aromatic nitrogens is 2. The predicted molar refractivity (Wildman–Crippen MR) is 90.0 cm³/mol. The standard InChI is InChI=1S/C18H23N3O3/c1-12-7-4-5-9-14(12)21-15-10-6-8-13(15)16(19-21)17(22)20-24-11-18(2,3)23/h4-5,7,9,23H,6,8,10-11H2,1-3H3,(H,20,22). The Morgan fingerprint density at radius 2 is 2.12 bits per heavy atom. The molecule has 1 amide bonds. The first-order valence-electron chi connectivity index (χ1n) is 8.18. The summed E-state index contributed by atoms with van der Waals surface area (Å²) in [4.78, 5) is 17.5. The van der Waals surface area contributed by atoms with Crippen molar-refractivity contribution in [3.8, 4) is 5.69 Å². The largest absolute Gasteiger partial charge is 0.388 e. The van der Waals surface area contributed by atoms with E-state index >= 15 is 0 Å². The highest BCUT2D eigenvalue weighted by molar-refractivity contribution is 5.93. The van der Waals surface area contributed by atoms with E-state index in [1.54, 1.807) is 13.8 Å². The number of nitrogens with zero attached hydrogens (tertiary/aromatic N) is 2. The normalized spacial score (nSPS) is 13.8. The number of carbonyl (C=O) groups is 1. The Morgan fingerprint density at radius 1 is 1.38 bits per heavy atom. The molecule has 0 fully saturated rings. The monoisotopic (exact) mass is 329 g/mol. The molecule has 1 aliphatic rings. The van der Waals surface area contributed by atoms with Gasteiger partial charge < -0.3 is 5.11 Å². The van der Waals surface area contributed by atoms with Crippen LogP contribution in [0.4, 0.5) is 0 Å². The van der Waals surface area contributed by atoms with Gasteiger partial charge in [-0.1, -0.05) is 18.2 Å². The summed E-state index contributed by atoms with van der Waals surface area (Å²) in [5.74, 6) is -0.371. The molecule has 1 aliphatic carbocycles. The molecule has 0 saturated carbocycles. The van der Waals surface area contributed by atoms with Gasteiger partial charge in [0.05, 0.1) is 11.3 Å². The average Bonchev–Trinajstić information content (AvgIpc) is 3.08. The Bertz CT molecular complexity index is 759. The van der Waals surface area contributed by atoms with Crippen molar-refractivity contribution in [2.45, 2.75) is 45.6 Å². The predicted octanol–water partition coefficient (Wildman–Crippen LogP) is 2.10. The lowest BCUT2D eigenvalue weighted by Gasteiger charge is -2.16. The van der Waals surface area contributed by atoms with Crippen molar-refractivity contribution in [3.05, 3.63) is 46.8 Å². The fourth-order valence-electron chi connectivity index (χ4n) is 2.95. The maximum atomic E-state index is 12.4. The fourth-order valence-corrected chi connectivity index (χ4v) is 2.95. The Labute approximate surface area is 141 Å². The van der Waals surface area contributed by atoms with Gasteiger partial charge >= 0.3 is 0 Å². The number of amides is 1. The third kappa shape index (κ3) is 3.34.